The first kappa shape index (κ1) is 13.3. The molecule has 1 aromatic heterocycles. The van der Waals surface area contributed by atoms with Crippen molar-refractivity contribution in [2.45, 2.75) is 25.3 Å². The van der Waals surface area contributed by atoms with Gasteiger partial charge in [0.1, 0.15) is 0 Å². The Labute approximate surface area is 119 Å². The second kappa shape index (κ2) is 6.17. The second-order valence-electron chi connectivity index (χ2n) is 5.61. The van der Waals surface area contributed by atoms with Crippen molar-refractivity contribution in [3.63, 3.8) is 0 Å². The fourth-order valence-electron chi connectivity index (χ4n) is 2.72. The number of carbonyl (C=O) groups excluding carboxylic acids is 1. The third kappa shape index (κ3) is 3.25. The minimum atomic E-state index is 0.200. The first-order chi connectivity index (χ1) is 9.81. The molecule has 0 spiro atoms. The fourth-order valence-corrected chi connectivity index (χ4v) is 2.72. The van der Waals surface area contributed by atoms with Crippen LogP contribution in [-0.2, 0) is 4.79 Å². The number of aromatic nitrogens is 2. The van der Waals surface area contributed by atoms with Crippen molar-refractivity contribution in [3.05, 3.63) is 18.5 Å². The average molecular weight is 275 g/mol. The number of rotatable bonds is 4. The van der Waals surface area contributed by atoms with Crippen LogP contribution >= 0.6 is 0 Å². The quantitative estimate of drug-likeness (QED) is 0.820. The van der Waals surface area contributed by atoms with E-state index in [9.17, 15) is 4.79 Å². The molecular formula is C14H21N5O. The highest BCUT2D eigenvalue weighted by Gasteiger charge is 2.24. The van der Waals surface area contributed by atoms with E-state index in [4.69, 9.17) is 0 Å². The zero-order chi connectivity index (χ0) is 13.8. The first-order valence-corrected chi connectivity index (χ1v) is 7.33. The van der Waals surface area contributed by atoms with E-state index in [0.29, 0.717) is 18.4 Å². The molecule has 20 heavy (non-hydrogen) atoms. The highest BCUT2D eigenvalue weighted by atomic mass is 16.1. The molecule has 0 unspecified atom stereocenters. The maximum absolute atomic E-state index is 11.9. The van der Waals surface area contributed by atoms with Crippen LogP contribution in [0.4, 0.5) is 5.95 Å². The Bertz CT molecular complexity index is 440. The molecule has 2 saturated heterocycles. The van der Waals surface area contributed by atoms with Gasteiger partial charge in [-0.2, -0.15) is 0 Å². The summed E-state index contributed by atoms with van der Waals surface area (Å²) in [6, 6.07) is 2.13. The highest BCUT2D eigenvalue weighted by molar-refractivity contribution is 5.76. The molecular weight excluding hydrogens is 254 g/mol. The van der Waals surface area contributed by atoms with Crippen molar-refractivity contribution in [1.82, 2.24) is 20.6 Å². The molecule has 2 aliphatic rings. The van der Waals surface area contributed by atoms with Gasteiger partial charge in [-0.25, -0.2) is 9.97 Å². The van der Waals surface area contributed by atoms with E-state index in [1.54, 1.807) is 12.4 Å². The van der Waals surface area contributed by atoms with Gasteiger partial charge in [0.2, 0.25) is 11.9 Å². The van der Waals surface area contributed by atoms with Crippen molar-refractivity contribution in [1.29, 1.82) is 0 Å². The molecule has 3 rings (SSSR count). The largest absolute Gasteiger partial charge is 0.353 e. The van der Waals surface area contributed by atoms with Crippen LogP contribution in [0.25, 0.3) is 0 Å². The van der Waals surface area contributed by atoms with E-state index in [1.807, 2.05) is 6.07 Å². The maximum Gasteiger partial charge on any atom is 0.225 e. The van der Waals surface area contributed by atoms with Crippen molar-refractivity contribution >= 4 is 11.9 Å². The van der Waals surface area contributed by atoms with Gasteiger partial charge < -0.3 is 15.5 Å². The SMILES string of the molecule is O=C(CC1CNC1)NC1CCN(c2ncccn2)CC1. The molecule has 0 atom stereocenters. The molecule has 0 radical (unpaired) electrons. The van der Waals surface area contributed by atoms with Gasteiger partial charge in [0.05, 0.1) is 0 Å². The molecule has 6 nitrogen and oxygen atoms in total. The van der Waals surface area contributed by atoms with E-state index < -0.39 is 0 Å². The molecule has 1 aromatic rings. The smallest absolute Gasteiger partial charge is 0.225 e. The van der Waals surface area contributed by atoms with E-state index in [2.05, 4.69) is 25.5 Å². The number of piperidine rings is 1. The summed E-state index contributed by atoms with van der Waals surface area (Å²) in [6.07, 6.45) is 6.13. The number of nitrogens with zero attached hydrogens (tertiary/aromatic N) is 3. The summed E-state index contributed by atoms with van der Waals surface area (Å²) >= 11 is 0. The van der Waals surface area contributed by atoms with Crippen LogP contribution in [-0.4, -0.2) is 48.1 Å². The number of amides is 1. The number of anilines is 1. The van der Waals surface area contributed by atoms with E-state index >= 15 is 0 Å². The first-order valence-electron chi connectivity index (χ1n) is 7.33. The number of carbonyl (C=O) groups is 1. The van der Waals surface area contributed by atoms with Gasteiger partial charge in [0.25, 0.3) is 0 Å². The van der Waals surface area contributed by atoms with Crippen LogP contribution in [0.1, 0.15) is 19.3 Å². The second-order valence-corrected chi connectivity index (χ2v) is 5.61. The van der Waals surface area contributed by atoms with E-state index in [-0.39, 0.29) is 5.91 Å². The topological polar surface area (TPSA) is 70.2 Å². The zero-order valence-corrected chi connectivity index (χ0v) is 11.6. The normalized spacial score (nSPS) is 20.5. The molecule has 2 N–H and O–H groups in total. The van der Waals surface area contributed by atoms with Gasteiger partial charge in [-0.15, -0.1) is 0 Å². The predicted molar refractivity (Wildman–Crippen MR) is 76.4 cm³/mol. The minimum absolute atomic E-state index is 0.200. The van der Waals surface area contributed by atoms with Crippen LogP contribution in [0.15, 0.2) is 18.5 Å². The number of nitrogens with one attached hydrogen (secondary N) is 2. The Morgan fingerprint density at radius 3 is 2.60 bits per heavy atom. The van der Waals surface area contributed by atoms with Gasteiger partial charge in [-0.05, 0) is 37.9 Å². The number of hydrogen-bond acceptors (Lipinski definition) is 5. The molecule has 0 aliphatic carbocycles. The summed E-state index contributed by atoms with van der Waals surface area (Å²) in [5.74, 6) is 1.52. The Morgan fingerprint density at radius 2 is 2.00 bits per heavy atom. The van der Waals surface area contributed by atoms with Gasteiger partial charge in [-0.1, -0.05) is 0 Å². The lowest BCUT2D eigenvalue weighted by Gasteiger charge is -2.33. The Morgan fingerprint density at radius 1 is 1.30 bits per heavy atom. The molecule has 6 heteroatoms. The van der Waals surface area contributed by atoms with E-state index in [0.717, 1.165) is 45.0 Å². The summed E-state index contributed by atoms with van der Waals surface area (Å²) < 4.78 is 0. The van der Waals surface area contributed by atoms with Crippen LogP contribution < -0.4 is 15.5 Å². The lowest BCUT2D eigenvalue weighted by molar-refractivity contribution is -0.123. The molecule has 1 amide bonds. The van der Waals surface area contributed by atoms with Gasteiger partial charge >= 0.3 is 0 Å². The molecule has 108 valence electrons. The van der Waals surface area contributed by atoms with Crippen molar-refractivity contribution in [2.24, 2.45) is 5.92 Å². The van der Waals surface area contributed by atoms with Gasteiger partial charge in [-0.3, -0.25) is 4.79 Å². The average Bonchev–Trinajstić information content (AvgIpc) is 2.45. The Balaban J connectivity index is 1.43. The lowest BCUT2D eigenvalue weighted by Crippen LogP contribution is -2.48. The van der Waals surface area contributed by atoms with Crippen LogP contribution in [0.2, 0.25) is 0 Å². The Kier molecular flexibility index (Phi) is 4.11. The van der Waals surface area contributed by atoms with Crippen molar-refractivity contribution in [3.8, 4) is 0 Å². The molecule has 3 heterocycles. The monoisotopic (exact) mass is 275 g/mol. The summed E-state index contributed by atoms with van der Waals surface area (Å²) in [5.41, 5.74) is 0. The standard InChI is InChI=1S/C14H21N5O/c20-13(8-11-9-15-10-11)18-12-2-6-19(7-3-12)14-16-4-1-5-17-14/h1,4-5,11-12,15H,2-3,6-10H2,(H,18,20). The molecule has 0 aromatic carbocycles. The number of hydrogen-bond donors (Lipinski definition) is 2. The van der Waals surface area contributed by atoms with Crippen molar-refractivity contribution in [2.75, 3.05) is 31.1 Å². The van der Waals surface area contributed by atoms with Crippen LogP contribution in [0.3, 0.4) is 0 Å². The predicted octanol–water partition coefficient (Wildman–Crippen LogP) is 0.171. The fraction of sp³-hybridized carbons (Fsp3) is 0.643. The summed E-state index contributed by atoms with van der Waals surface area (Å²) in [6.45, 7) is 3.77. The summed E-state index contributed by atoms with van der Waals surface area (Å²) in [7, 11) is 0. The van der Waals surface area contributed by atoms with Crippen molar-refractivity contribution < 1.29 is 4.79 Å². The summed E-state index contributed by atoms with van der Waals surface area (Å²) in [5, 5.41) is 6.35. The summed E-state index contributed by atoms with van der Waals surface area (Å²) in [4.78, 5) is 22.6. The van der Waals surface area contributed by atoms with Gasteiger partial charge in [0.15, 0.2) is 0 Å². The van der Waals surface area contributed by atoms with Crippen LogP contribution in [0.5, 0.6) is 0 Å². The molecule has 2 fully saturated rings. The van der Waals surface area contributed by atoms with Gasteiger partial charge in [0, 0.05) is 37.9 Å². The minimum Gasteiger partial charge on any atom is -0.353 e. The van der Waals surface area contributed by atoms with E-state index in [1.165, 1.54) is 0 Å². The Hall–Kier alpha value is -1.69. The lowest BCUT2D eigenvalue weighted by atomic mass is 9.98. The molecule has 2 aliphatic heterocycles. The molecule has 0 bridgehead atoms. The third-order valence-corrected chi connectivity index (χ3v) is 4.04. The zero-order valence-electron chi connectivity index (χ0n) is 11.6. The molecule has 0 saturated carbocycles. The maximum atomic E-state index is 11.9. The third-order valence-electron chi connectivity index (χ3n) is 4.04. The highest BCUT2D eigenvalue weighted by Crippen LogP contribution is 2.16. The van der Waals surface area contributed by atoms with Crippen LogP contribution in [0, 0.1) is 5.92 Å².